The monoisotopic (exact) mass is 393 g/mol. The molecule has 0 saturated carbocycles. The average Bonchev–Trinajstić information content (AvgIpc) is 2.74. The molecule has 0 bridgehead atoms. The van der Waals surface area contributed by atoms with E-state index >= 15 is 0 Å². The average molecular weight is 394 g/mol. The van der Waals surface area contributed by atoms with Crippen LogP contribution in [0, 0.1) is 6.92 Å². The first-order chi connectivity index (χ1) is 13.7. The molecule has 144 valence electrons. The van der Waals surface area contributed by atoms with E-state index in [1.54, 1.807) is 0 Å². The molecule has 4 rings (SSSR count). The minimum Gasteiger partial charge on any atom is -0.357 e. The predicted octanol–water partition coefficient (Wildman–Crippen LogP) is 4.08. The lowest BCUT2D eigenvalue weighted by atomic mass is 10.1. The zero-order chi connectivity index (χ0) is 19.3. The van der Waals surface area contributed by atoms with Crippen LogP contribution in [0.25, 0.3) is 10.9 Å². The molecule has 0 aliphatic carbocycles. The Morgan fingerprint density at radius 3 is 2.71 bits per heavy atom. The summed E-state index contributed by atoms with van der Waals surface area (Å²) in [5, 5.41) is 4.09. The van der Waals surface area contributed by atoms with E-state index in [0.717, 1.165) is 40.4 Å². The number of rotatable bonds is 5. The van der Waals surface area contributed by atoms with Crippen molar-refractivity contribution >= 4 is 40.1 Å². The lowest BCUT2D eigenvalue weighted by Crippen LogP contribution is -2.30. The largest absolute Gasteiger partial charge is 0.357 e. The highest BCUT2D eigenvalue weighted by atomic mass is 32.2. The van der Waals surface area contributed by atoms with Gasteiger partial charge in [0.2, 0.25) is 5.91 Å². The number of H-pyrrole nitrogens is 1. The second-order valence-corrected chi connectivity index (χ2v) is 8.20. The van der Waals surface area contributed by atoms with Crippen molar-refractivity contribution in [3.63, 3.8) is 0 Å². The molecule has 1 amide bonds. The second kappa shape index (κ2) is 8.61. The number of aromatic amines is 1. The summed E-state index contributed by atoms with van der Waals surface area (Å²) in [6.45, 7) is 4.29. The first-order valence-electron chi connectivity index (χ1n) is 9.74. The molecular weight excluding hydrogens is 368 g/mol. The molecule has 0 radical (unpaired) electrons. The Morgan fingerprint density at radius 2 is 1.93 bits per heavy atom. The molecule has 6 heteroatoms. The van der Waals surface area contributed by atoms with Crippen LogP contribution in [0.4, 0.5) is 11.5 Å². The topological polar surface area (TPSA) is 59.4 Å². The van der Waals surface area contributed by atoms with Gasteiger partial charge >= 0.3 is 0 Å². The number of hydrogen-bond donors (Lipinski definition) is 1. The van der Waals surface area contributed by atoms with Gasteiger partial charge in [0.25, 0.3) is 0 Å². The van der Waals surface area contributed by atoms with Gasteiger partial charge in [-0.3, -0.25) is 4.79 Å². The number of hydrogen-bond acceptors (Lipinski definition) is 4. The number of fused-ring (bicyclic) bond motifs is 1. The quantitative estimate of drug-likeness (QED) is 0.664. The molecule has 5 nitrogen and oxygen atoms in total. The van der Waals surface area contributed by atoms with Gasteiger partial charge < -0.3 is 10.2 Å². The third kappa shape index (κ3) is 4.44. The fourth-order valence-corrected chi connectivity index (χ4v) is 4.25. The minimum atomic E-state index is -0.00673. The number of nitrogens with one attached hydrogen (secondary N) is 2. The molecule has 2 N–H and O–H groups in total. The van der Waals surface area contributed by atoms with E-state index in [-0.39, 0.29) is 5.91 Å². The van der Waals surface area contributed by atoms with E-state index in [4.69, 9.17) is 4.98 Å². The Kier molecular flexibility index (Phi) is 5.76. The van der Waals surface area contributed by atoms with Crippen LogP contribution >= 0.6 is 11.8 Å². The van der Waals surface area contributed by atoms with Crippen molar-refractivity contribution in [2.24, 2.45) is 0 Å². The maximum atomic E-state index is 12.3. The van der Waals surface area contributed by atoms with Crippen LogP contribution < -0.4 is 15.2 Å². The van der Waals surface area contributed by atoms with Crippen LogP contribution in [0.2, 0.25) is 0 Å². The van der Waals surface area contributed by atoms with Crippen LogP contribution in [-0.4, -0.2) is 29.7 Å². The van der Waals surface area contributed by atoms with E-state index in [9.17, 15) is 4.79 Å². The summed E-state index contributed by atoms with van der Waals surface area (Å²) in [6.07, 6.45) is 7.51. The number of aromatic nitrogens is 2. The van der Waals surface area contributed by atoms with Gasteiger partial charge in [0, 0.05) is 41.2 Å². The third-order valence-corrected chi connectivity index (χ3v) is 6.04. The Morgan fingerprint density at radius 1 is 1.14 bits per heavy atom. The van der Waals surface area contributed by atoms with Crippen molar-refractivity contribution in [3.05, 3.63) is 54.4 Å². The van der Waals surface area contributed by atoms with Gasteiger partial charge in [-0.2, -0.15) is 0 Å². The van der Waals surface area contributed by atoms with Crippen molar-refractivity contribution in [3.8, 4) is 0 Å². The standard InChI is InChI=1S/C22H24N4OS/c1-16-13-21(26-11-3-2-4-12-26)25-20-6-5-17(14-19(16)20)24-22(27)15-28-18-7-9-23-10-8-18/h5-10,13-14H,2-4,11-12,15H2,1H3,(H,24,27)/p+1. The number of carbonyl (C=O) groups excluding carboxylic acids is 1. The van der Waals surface area contributed by atoms with Crippen molar-refractivity contribution in [2.45, 2.75) is 31.1 Å². The normalized spacial score (nSPS) is 14.2. The van der Waals surface area contributed by atoms with E-state index in [1.807, 2.05) is 42.7 Å². The zero-order valence-corrected chi connectivity index (χ0v) is 16.9. The lowest BCUT2D eigenvalue weighted by Gasteiger charge is -2.28. The number of aryl methyl sites for hydroxylation is 1. The van der Waals surface area contributed by atoms with E-state index < -0.39 is 0 Å². The fraction of sp³-hybridized carbons (Fsp3) is 0.318. The van der Waals surface area contributed by atoms with Gasteiger partial charge in [0.15, 0.2) is 12.4 Å². The number of piperidine rings is 1. The molecule has 28 heavy (non-hydrogen) atoms. The van der Waals surface area contributed by atoms with Gasteiger partial charge in [0.1, 0.15) is 5.82 Å². The molecular formula is C22H25N4OS+. The van der Waals surface area contributed by atoms with Crippen molar-refractivity contribution in [1.82, 2.24) is 4.98 Å². The molecule has 1 aromatic carbocycles. The summed E-state index contributed by atoms with van der Waals surface area (Å²) < 4.78 is 0. The number of thioether (sulfide) groups is 1. The maximum absolute atomic E-state index is 12.3. The van der Waals surface area contributed by atoms with Gasteiger partial charge in [-0.25, -0.2) is 9.97 Å². The molecule has 1 saturated heterocycles. The maximum Gasteiger partial charge on any atom is 0.234 e. The van der Waals surface area contributed by atoms with Crippen LogP contribution in [0.5, 0.6) is 0 Å². The molecule has 1 aliphatic heterocycles. The number of pyridine rings is 2. The Balaban J connectivity index is 1.46. The highest BCUT2D eigenvalue weighted by Gasteiger charge is 2.14. The Hall–Kier alpha value is -2.60. The first kappa shape index (κ1) is 18.7. The Labute approximate surface area is 169 Å². The molecule has 2 aromatic heterocycles. The van der Waals surface area contributed by atoms with E-state index in [2.05, 4.69) is 28.2 Å². The molecule has 1 aliphatic rings. The molecule has 0 atom stereocenters. The summed E-state index contributed by atoms with van der Waals surface area (Å²) in [5.74, 6) is 1.44. The van der Waals surface area contributed by atoms with Crippen molar-refractivity contribution < 1.29 is 9.78 Å². The first-order valence-corrected chi connectivity index (χ1v) is 10.7. The lowest BCUT2D eigenvalue weighted by molar-refractivity contribution is -0.378. The summed E-state index contributed by atoms with van der Waals surface area (Å²) in [7, 11) is 0. The summed E-state index contributed by atoms with van der Waals surface area (Å²) in [4.78, 5) is 23.6. The number of carbonyl (C=O) groups is 1. The minimum absolute atomic E-state index is 0.00673. The summed E-state index contributed by atoms with van der Waals surface area (Å²) in [6, 6.07) is 12.1. The van der Waals surface area contributed by atoms with Crippen molar-refractivity contribution in [2.75, 3.05) is 29.1 Å². The zero-order valence-electron chi connectivity index (χ0n) is 16.1. The summed E-state index contributed by atoms with van der Waals surface area (Å²) in [5.41, 5.74) is 2.99. The molecule has 3 heterocycles. The van der Waals surface area contributed by atoms with Gasteiger partial charge in [0.05, 0.1) is 11.3 Å². The van der Waals surface area contributed by atoms with Gasteiger partial charge in [-0.1, -0.05) is 0 Å². The number of nitrogens with zero attached hydrogens (tertiary/aromatic N) is 2. The summed E-state index contributed by atoms with van der Waals surface area (Å²) >= 11 is 1.52. The van der Waals surface area contributed by atoms with Gasteiger partial charge in [-0.15, -0.1) is 11.8 Å². The molecule has 0 spiro atoms. The fourth-order valence-electron chi connectivity index (χ4n) is 3.55. The van der Waals surface area contributed by atoms with Gasteiger partial charge in [-0.05, 0) is 56.0 Å². The second-order valence-electron chi connectivity index (χ2n) is 7.15. The SMILES string of the molecule is Cc1cc(N2CCCCC2)nc2ccc(NC(=O)CSc3cc[nH+]cc3)cc12. The van der Waals surface area contributed by atoms with Crippen LogP contribution in [0.3, 0.4) is 0 Å². The van der Waals surface area contributed by atoms with Crippen LogP contribution in [0.15, 0.2) is 53.7 Å². The Bertz CT molecular complexity index is 971. The van der Waals surface area contributed by atoms with Crippen molar-refractivity contribution in [1.29, 1.82) is 0 Å². The number of benzene rings is 1. The number of amides is 1. The van der Waals surface area contributed by atoms with Crippen LogP contribution in [0.1, 0.15) is 24.8 Å². The highest BCUT2D eigenvalue weighted by molar-refractivity contribution is 8.00. The van der Waals surface area contributed by atoms with Crippen LogP contribution in [-0.2, 0) is 4.79 Å². The van der Waals surface area contributed by atoms with E-state index in [1.165, 1.54) is 36.6 Å². The molecule has 1 fully saturated rings. The smallest absolute Gasteiger partial charge is 0.234 e. The molecule has 0 unspecified atom stereocenters. The number of anilines is 2. The molecule has 3 aromatic rings. The highest BCUT2D eigenvalue weighted by Crippen LogP contribution is 2.27. The van der Waals surface area contributed by atoms with E-state index in [0.29, 0.717) is 5.75 Å². The predicted molar refractivity (Wildman–Crippen MR) is 115 cm³/mol. The third-order valence-electron chi connectivity index (χ3n) is 5.02.